The second kappa shape index (κ2) is 3.42. The number of hydrogen-bond donors (Lipinski definition) is 1. The lowest BCUT2D eigenvalue weighted by Gasteiger charge is -2.15. The predicted molar refractivity (Wildman–Crippen MR) is 48.7 cm³/mol. The Bertz CT molecular complexity index is 297. The third kappa shape index (κ3) is 1.70. The van der Waals surface area contributed by atoms with Gasteiger partial charge in [0.1, 0.15) is 5.82 Å². The second-order valence-corrected chi connectivity index (χ2v) is 3.50. The molecule has 13 heavy (non-hydrogen) atoms. The smallest absolute Gasteiger partial charge is 0.146 e. The SMILES string of the molecule is CNC(c1ccncc1F)C1CC1. The lowest BCUT2D eigenvalue weighted by Crippen LogP contribution is -2.19. The second-order valence-electron chi connectivity index (χ2n) is 3.50. The molecule has 0 aromatic carbocycles. The monoisotopic (exact) mass is 180 g/mol. The number of halogens is 1. The highest BCUT2D eigenvalue weighted by molar-refractivity contribution is 5.19. The van der Waals surface area contributed by atoms with Crippen LogP contribution in [-0.4, -0.2) is 12.0 Å². The molecular weight excluding hydrogens is 167 g/mol. The van der Waals surface area contributed by atoms with Crippen LogP contribution < -0.4 is 5.32 Å². The topological polar surface area (TPSA) is 24.9 Å². The first-order chi connectivity index (χ1) is 6.33. The van der Waals surface area contributed by atoms with Gasteiger partial charge in [0.05, 0.1) is 6.20 Å². The van der Waals surface area contributed by atoms with Gasteiger partial charge >= 0.3 is 0 Å². The van der Waals surface area contributed by atoms with E-state index in [-0.39, 0.29) is 11.9 Å². The van der Waals surface area contributed by atoms with E-state index in [1.54, 1.807) is 12.3 Å². The van der Waals surface area contributed by atoms with E-state index >= 15 is 0 Å². The van der Waals surface area contributed by atoms with Crippen molar-refractivity contribution in [1.82, 2.24) is 10.3 Å². The van der Waals surface area contributed by atoms with E-state index in [2.05, 4.69) is 10.3 Å². The van der Waals surface area contributed by atoms with Crippen LogP contribution in [0.5, 0.6) is 0 Å². The molecule has 1 saturated carbocycles. The first kappa shape index (κ1) is 8.63. The van der Waals surface area contributed by atoms with Crippen molar-refractivity contribution in [2.45, 2.75) is 18.9 Å². The molecule has 0 amide bonds. The van der Waals surface area contributed by atoms with Crippen molar-refractivity contribution in [1.29, 1.82) is 0 Å². The maximum Gasteiger partial charge on any atom is 0.146 e. The van der Waals surface area contributed by atoms with Crippen LogP contribution in [0.4, 0.5) is 4.39 Å². The molecule has 1 unspecified atom stereocenters. The fraction of sp³-hybridized carbons (Fsp3) is 0.500. The van der Waals surface area contributed by atoms with E-state index in [9.17, 15) is 4.39 Å². The first-order valence-electron chi connectivity index (χ1n) is 4.59. The van der Waals surface area contributed by atoms with E-state index in [0.29, 0.717) is 5.92 Å². The molecule has 1 N–H and O–H groups in total. The van der Waals surface area contributed by atoms with Crippen molar-refractivity contribution in [3.8, 4) is 0 Å². The van der Waals surface area contributed by atoms with Gasteiger partial charge < -0.3 is 5.32 Å². The van der Waals surface area contributed by atoms with E-state index in [1.165, 1.54) is 19.0 Å². The molecule has 0 bridgehead atoms. The number of nitrogens with one attached hydrogen (secondary N) is 1. The van der Waals surface area contributed by atoms with E-state index in [1.807, 2.05) is 7.05 Å². The zero-order valence-electron chi connectivity index (χ0n) is 7.63. The number of rotatable bonds is 3. The molecule has 0 saturated heterocycles. The average Bonchev–Trinajstić information content (AvgIpc) is 2.93. The van der Waals surface area contributed by atoms with Crippen molar-refractivity contribution in [2.75, 3.05) is 7.05 Å². The third-order valence-corrected chi connectivity index (χ3v) is 2.54. The summed E-state index contributed by atoms with van der Waals surface area (Å²) in [5.41, 5.74) is 0.750. The molecule has 1 aromatic heterocycles. The zero-order valence-corrected chi connectivity index (χ0v) is 7.63. The summed E-state index contributed by atoms with van der Waals surface area (Å²) in [5, 5.41) is 3.15. The number of nitrogens with zero attached hydrogens (tertiary/aromatic N) is 1. The van der Waals surface area contributed by atoms with Crippen LogP contribution in [0.2, 0.25) is 0 Å². The molecule has 0 spiro atoms. The number of pyridine rings is 1. The van der Waals surface area contributed by atoms with Gasteiger partial charge in [-0.05, 0) is 31.9 Å². The summed E-state index contributed by atoms with van der Waals surface area (Å²) in [6.45, 7) is 0. The van der Waals surface area contributed by atoms with Crippen LogP contribution in [0.1, 0.15) is 24.4 Å². The molecule has 2 nitrogen and oxygen atoms in total. The summed E-state index contributed by atoms with van der Waals surface area (Å²) in [5.74, 6) is 0.413. The van der Waals surface area contributed by atoms with Gasteiger partial charge in [-0.15, -0.1) is 0 Å². The standard InChI is InChI=1S/C10H13FN2/c1-12-10(7-2-3-7)8-4-5-13-6-9(8)11/h4-7,10,12H,2-3H2,1H3. The number of aromatic nitrogens is 1. The largest absolute Gasteiger partial charge is 0.313 e. The van der Waals surface area contributed by atoms with Gasteiger partial charge in [0.15, 0.2) is 0 Å². The molecule has 0 radical (unpaired) electrons. The Morgan fingerprint density at radius 1 is 1.62 bits per heavy atom. The highest BCUT2D eigenvalue weighted by Gasteiger charge is 2.32. The van der Waals surface area contributed by atoms with E-state index < -0.39 is 0 Å². The zero-order chi connectivity index (χ0) is 9.26. The summed E-state index contributed by atoms with van der Waals surface area (Å²) in [6, 6.07) is 1.93. The molecule has 1 aliphatic carbocycles. The van der Waals surface area contributed by atoms with Crippen molar-refractivity contribution in [3.63, 3.8) is 0 Å². The Morgan fingerprint density at radius 3 is 2.92 bits per heavy atom. The minimum Gasteiger partial charge on any atom is -0.313 e. The fourth-order valence-electron chi connectivity index (χ4n) is 1.71. The molecule has 1 atom stereocenters. The van der Waals surface area contributed by atoms with Crippen LogP contribution in [0.25, 0.3) is 0 Å². The highest BCUT2D eigenvalue weighted by Crippen LogP contribution is 2.41. The highest BCUT2D eigenvalue weighted by atomic mass is 19.1. The van der Waals surface area contributed by atoms with Crippen LogP contribution in [-0.2, 0) is 0 Å². The summed E-state index contributed by atoms with van der Waals surface area (Å²) < 4.78 is 13.3. The lowest BCUT2D eigenvalue weighted by atomic mass is 10.0. The molecule has 70 valence electrons. The maximum atomic E-state index is 13.3. The summed E-state index contributed by atoms with van der Waals surface area (Å²) >= 11 is 0. The normalized spacial score (nSPS) is 18.6. The van der Waals surface area contributed by atoms with Crippen LogP contribution in [0.15, 0.2) is 18.5 Å². The Kier molecular flexibility index (Phi) is 2.27. The minimum absolute atomic E-state index is 0.169. The van der Waals surface area contributed by atoms with E-state index in [0.717, 1.165) is 5.56 Å². The molecule has 0 aliphatic heterocycles. The summed E-state index contributed by atoms with van der Waals surface area (Å²) in [4.78, 5) is 3.74. The maximum absolute atomic E-state index is 13.3. The molecule has 2 rings (SSSR count). The Labute approximate surface area is 77.2 Å². The van der Waals surface area contributed by atoms with Crippen LogP contribution in [0.3, 0.4) is 0 Å². The van der Waals surface area contributed by atoms with Crippen LogP contribution >= 0.6 is 0 Å². The molecule has 1 fully saturated rings. The molecule has 3 heteroatoms. The Hall–Kier alpha value is -0.960. The van der Waals surface area contributed by atoms with Crippen molar-refractivity contribution < 1.29 is 4.39 Å². The minimum atomic E-state index is -0.200. The van der Waals surface area contributed by atoms with Gasteiger partial charge in [0.2, 0.25) is 0 Å². The first-order valence-corrected chi connectivity index (χ1v) is 4.59. The molecule has 1 aliphatic rings. The predicted octanol–water partition coefficient (Wildman–Crippen LogP) is 1.89. The van der Waals surface area contributed by atoms with Gasteiger partial charge in [-0.1, -0.05) is 0 Å². The van der Waals surface area contributed by atoms with E-state index in [4.69, 9.17) is 0 Å². The Balaban J connectivity index is 2.26. The Morgan fingerprint density at radius 2 is 2.38 bits per heavy atom. The van der Waals surface area contributed by atoms with Gasteiger partial charge in [0, 0.05) is 17.8 Å². The molecular formula is C10H13FN2. The number of hydrogen-bond acceptors (Lipinski definition) is 2. The lowest BCUT2D eigenvalue weighted by molar-refractivity contribution is 0.490. The third-order valence-electron chi connectivity index (χ3n) is 2.54. The van der Waals surface area contributed by atoms with Gasteiger partial charge in [-0.3, -0.25) is 4.98 Å². The molecule has 1 aromatic rings. The van der Waals surface area contributed by atoms with Gasteiger partial charge in [-0.25, -0.2) is 4.39 Å². The van der Waals surface area contributed by atoms with Crippen molar-refractivity contribution in [3.05, 3.63) is 29.8 Å². The van der Waals surface area contributed by atoms with Gasteiger partial charge in [-0.2, -0.15) is 0 Å². The van der Waals surface area contributed by atoms with Gasteiger partial charge in [0.25, 0.3) is 0 Å². The molecule has 1 heterocycles. The van der Waals surface area contributed by atoms with Crippen molar-refractivity contribution >= 4 is 0 Å². The van der Waals surface area contributed by atoms with Crippen LogP contribution in [0, 0.1) is 11.7 Å². The fourth-order valence-corrected chi connectivity index (χ4v) is 1.71. The summed E-state index contributed by atoms with van der Waals surface area (Å²) in [6.07, 6.45) is 5.33. The average molecular weight is 180 g/mol. The summed E-state index contributed by atoms with van der Waals surface area (Å²) in [7, 11) is 1.88. The quantitative estimate of drug-likeness (QED) is 0.768. The van der Waals surface area contributed by atoms with Crippen molar-refractivity contribution in [2.24, 2.45) is 5.92 Å².